The lowest BCUT2D eigenvalue weighted by molar-refractivity contribution is -0.124. The van der Waals surface area contributed by atoms with E-state index in [1.807, 2.05) is 0 Å². The van der Waals surface area contributed by atoms with E-state index in [0.717, 1.165) is 44.1 Å². The number of hydrogen-bond donors (Lipinski definition) is 1. The molecule has 0 aromatic carbocycles. The highest BCUT2D eigenvalue weighted by Gasteiger charge is 2.36. The van der Waals surface area contributed by atoms with Gasteiger partial charge in [-0.05, 0) is 49.0 Å². The van der Waals surface area contributed by atoms with E-state index in [4.69, 9.17) is 9.47 Å². The maximum atomic E-state index is 12.5. The number of esters is 1. The molecule has 1 fully saturated rings. The molecule has 144 valence electrons. The molecule has 1 aliphatic carbocycles. The summed E-state index contributed by atoms with van der Waals surface area (Å²) in [5.41, 5.74) is 1.88. The quantitative estimate of drug-likeness (QED) is 0.779. The zero-order valence-electron chi connectivity index (χ0n) is 16.1. The molecule has 1 aromatic rings. The average Bonchev–Trinajstić information content (AvgIpc) is 3.28. The summed E-state index contributed by atoms with van der Waals surface area (Å²) in [6.45, 7) is 7.49. The first kappa shape index (κ1) is 19.4. The molecule has 5 nitrogen and oxygen atoms in total. The lowest BCUT2D eigenvalue weighted by atomic mass is 9.69. The predicted octanol–water partition coefficient (Wildman–Crippen LogP) is 4.19. The number of rotatable bonds is 5. The number of ether oxygens (including phenoxy) is 2. The molecule has 1 saturated heterocycles. The molecule has 3 rings (SSSR count). The minimum absolute atomic E-state index is 0.156. The molecular formula is C20H29NO4S. The maximum absolute atomic E-state index is 12.5. The highest BCUT2D eigenvalue weighted by atomic mass is 32.1. The summed E-state index contributed by atoms with van der Waals surface area (Å²) in [5.74, 6) is 0.0703. The van der Waals surface area contributed by atoms with Crippen LogP contribution in [0.4, 0.5) is 5.00 Å². The molecule has 1 N–H and O–H groups in total. The van der Waals surface area contributed by atoms with Crippen LogP contribution in [0.1, 0.15) is 67.3 Å². The van der Waals surface area contributed by atoms with Crippen LogP contribution in [0.2, 0.25) is 0 Å². The topological polar surface area (TPSA) is 64.6 Å². The number of thiophene rings is 1. The molecule has 0 spiro atoms. The van der Waals surface area contributed by atoms with E-state index < -0.39 is 6.10 Å². The normalized spacial score (nSPS) is 22.8. The van der Waals surface area contributed by atoms with Crippen LogP contribution in [-0.4, -0.2) is 31.7 Å². The SMILES string of the molecule is CCC(C)(C)[C@@H]1CCc2c(sc(NC(=O)[C@@H]3CCCO3)c2C(=O)OC)C1. The van der Waals surface area contributed by atoms with Crippen molar-refractivity contribution in [2.45, 2.75) is 65.4 Å². The molecule has 1 amide bonds. The summed E-state index contributed by atoms with van der Waals surface area (Å²) in [6.07, 6.45) is 5.24. The lowest BCUT2D eigenvalue weighted by Gasteiger charge is -2.36. The Morgan fingerprint density at radius 3 is 2.73 bits per heavy atom. The lowest BCUT2D eigenvalue weighted by Crippen LogP contribution is -2.29. The third-order valence-corrected chi connectivity index (χ3v) is 7.30. The summed E-state index contributed by atoms with van der Waals surface area (Å²) in [5, 5.41) is 3.57. The van der Waals surface area contributed by atoms with E-state index >= 15 is 0 Å². The first-order chi connectivity index (χ1) is 12.4. The van der Waals surface area contributed by atoms with Gasteiger partial charge < -0.3 is 14.8 Å². The molecule has 26 heavy (non-hydrogen) atoms. The number of fused-ring (bicyclic) bond motifs is 1. The standard InChI is InChI=1S/C20H29NO4S/c1-5-20(2,3)12-8-9-13-15(11-12)26-18(16(13)19(23)24-4)21-17(22)14-7-6-10-25-14/h12,14H,5-11H2,1-4H3,(H,21,22)/t12-,14+/m1/s1. The number of anilines is 1. The number of methoxy groups -OCH3 is 1. The number of carbonyl (C=O) groups is 2. The Kier molecular flexibility index (Phi) is 5.72. The highest BCUT2D eigenvalue weighted by Crippen LogP contribution is 2.45. The van der Waals surface area contributed by atoms with Crippen LogP contribution in [0, 0.1) is 11.3 Å². The van der Waals surface area contributed by atoms with Gasteiger partial charge in [-0.15, -0.1) is 11.3 Å². The van der Waals surface area contributed by atoms with Gasteiger partial charge in [-0.2, -0.15) is 0 Å². The van der Waals surface area contributed by atoms with Crippen LogP contribution in [0.3, 0.4) is 0 Å². The maximum Gasteiger partial charge on any atom is 0.341 e. The van der Waals surface area contributed by atoms with Crippen molar-refractivity contribution in [1.29, 1.82) is 0 Å². The van der Waals surface area contributed by atoms with Gasteiger partial charge >= 0.3 is 5.97 Å². The fourth-order valence-corrected chi connectivity index (χ4v) is 5.24. The molecule has 0 radical (unpaired) electrons. The highest BCUT2D eigenvalue weighted by molar-refractivity contribution is 7.17. The van der Waals surface area contributed by atoms with Crippen LogP contribution in [0.15, 0.2) is 0 Å². The molecule has 0 unspecified atom stereocenters. The number of amides is 1. The van der Waals surface area contributed by atoms with E-state index in [0.29, 0.717) is 23.1 Å². The Balaban J connectivity index is 1.88. The number of carbonyl (C=O) groups excluding carboxylic acids is 2. The average molecular weight is 380 g/mol. The Hall–Kier alpha value is -1.40. The predicted molar refractivity (Wildman–Crippen MR) is 103 cm³/mol. The first-order valence-corrected chi connectivity index (χ1v) is 10.3. The van der Waals surface area contributed by atoms with Gasteiger partial charge in [0.1, 0.15) is 11.1 Å². The smallest absolute Gasteiger partial charge is 0.341 e. The van der Waals surface area contributed by atoms with Crippen LogP contribution < -0.4 is 5.32 Å². The van der Waals surface area contributed by atoms with Crippen molar-refractivity contribution in [1.82, 2.24) is 0 Å². The van der Waals surface area contributed by atoms with Crippen molar-refractivity contribution in [2.24, 2.45) is 11.3 Å². The van der Waals surface area contributed by atoms with Crippen molar-refractivity contribution in [3.63, 3.8) is 0 Å². The summed E-state index contributed by atoms with van der Waals surface area (Å²) in [6, 6.07) is 0. The largest absolute Gasteiger partial charge is 0.465 e. The van der Waals surface area contributed by atoms with Gasteiger partial charge in [-0.1, -0.05) is 27.2 Å². The van der Waals surface area contributed by atoms with Gasteiger partial charge in [0.05, 0.1) is 12.7 Å². The fraction of sp³-hybridized carbons (Fsp3) is 0.700. The van der Waals surface area contributed by atoms with Crippen molar-refractivity contribution in [2.75, 3.05) is 19.0 Å². The summed E-state index contributed by atoms with van der Waals surface area (Å²) >= 11 is 1.53. The van der Waals surface area contributed by atoms with E-state index in [1.165, 1.54) is 23.3 Å². The minimum atomic E-state index is -0.411. The van der Waals surface area contributed by atoms with Gasteiger partial charge in [-0.25, -0.2) is 4.79 Å². The van der Waals surface area contributed by atoms with Gasteiger partial charge in [0.25, 0.3) is 5.91 Å². The van der Waals surface area contributed by atoms with Gasteiger partial charge in [0.15, 0.2) is 0 Å². The molecular weight excluding hydrogens is 350 g/mol. The zero-order chi connectivity index (χ0) is 18.9. The third-order valence-electron chi connectivity index (χ3n) is 6.13. The van der Waals surface area contributed by atoms with Crippen molar-refractivity contribution >= 4 is 28.2 Å². The Morgan fingerprint density at radius 2 is 2.12 bits per heavy atom. The molecule has 0 bridgehead atoms. The molecule has 6 heteroatoms. The van der Waals surface area contributed by atoms with E-state index in [-0.39, 0.29) is 17.3 Å². The molecule has 0 saturated carbocycles. The fourth-order valence-electron chi connectivity index (χ4n) is 3.92. The second-order valence-corrected chi connectivity index (χ2v) is 9.08. The zero-order valence-corrected chi connectivity index (χ0v) is 17.0. The second kappa shape index (κ2) is 7.69. The Morgan fingerprint density at radius 1 is 1.35 bits per heavy atom. The number of hydrogen-bond acceptors (Lipinski definition) is 5. The first-order valence-electron chi connectivity index (χ1n) is 9.52. The Labute approximate surface area is 159 Å². The monoisotopic (exact) mass is 379 g/mol. The van der Waals surface area contributed by atoms with Crippen molar-refractivity contribution in [3.8, 4) is 0 Å². The molecule has 2 aliphatic rings. The van der Waals surface area contributed by atoms with Gasteiger partial charge in [0, 0.05) is 11.5 Å². The van der Waals surface area contributed by atoms with Crippen LogP contribution >= 0.6 is 11.3 Å². The van der Waals surface area contributed by atoms with Crippen LogP contribution in [-0.2, 0) is 27.1 Å². The van der Waals surface area contributed by atoms with Gasteiger partial charge in [-0.3, -0.25) is 4.79 Å². The van der Waals surface area contributed by atoms with E-state index in [1.54, 1.807) is 0 Å². The van der Waals surface area contributed by atoms with Crippen LogP contribution in [0.5, 0.6) is 0 Å². The summed E-state index contributed by atoms with van der Waals surface area (Å²) < 4.78 is 10.5. The van der Waals surface area contributed by atoms with Crippen molar-refractivity contribution < 1.29 is 19.1 Å². The summed E-state index contributed by atoms with van der Waals surface area (Å²) in [4.78, 5) is 26.1. The molecule has 1 aromatic heterocycles. The van der Waals surface area contributed by atoms with Gasteiger partial charge in [0.2, 0.25) is 0 Å². The summed E-state index contributed by atoms with van der Waals surface area (Å²) in [7, 11) is 1.39. The van der Waals surface area contributed by atoms with Crippen molar-refractivity contribution in [3.05, 3.63) is 16.0 Å². The van der Waals surface area contributed by atoms with E-state index in [2.05, 4.69) is 26.1 Å². The Bertz CT molecular complexity index is 688. The minimum Gasteiger partial charge on any atom is -0.465 e. The number of nitrogens with one attached hydrogen (secondary N) is 1. The molecule has 2 heterocycles. The van der Waals surface area contributed by atoms with Crippen LogP contribution in [0.25, 0.3) is 0 Å². The molecule has 2 atom stereocenters. The third kappa shape index (κ3) is 3.67. The molecule has 1 aliphatic heterocycles. The van der Waals surface area contributed by atoms with E-state index in [9.17, 15) is 9.59 Å². The second-order valence-electron chi connectivity index (χ2n) is 7.97.